The molecule has 0 aromatic carbocycles. The standard InChI is InChI=1S/C12H17N3O2S/c1-12(5-2-6-18-12)7-14-10-8(13)3-4-9(15-10)11(16)17/h3-4H,2,5-7,13H2,1H3,(H,14,15)(H,16,17). The number of pyridine rings is 1. The van der Waals surface area contributed by atoms with Gasteiger partial charge < -0.3 is 16.2 Å². The van der Waals surface area contributed by atoms with Crippen molar-refractivity contribution < 1.29 is 9.90 Å². The maximum Gasteiger partial charge on any atom is 0.354 e. The van der Waals surface area contributed by atoms with Gasteiger partial charge in [0.2, 0.25) is 0 Å². The van der Waals surface area contributed by atoms with Crippen molar-refractivity contribution in [2.75, 3.05) is 23.3 Å². The van der Waals surface area contributed by atoms with E-state index < -0.39 is 5.97 Å². The van der Waals surface area contributed by atoms with E-state index in [1.807, 2.05) is 11.8 Å². The molecule has 1 aliphatic rings. The van der Waals surface area contributed by atoms with E-state index >= 15 is 0 Å². The number of nitrogen functional groups attached to an aromatic ring is 1. The molecule has 2 rings (SSSR count). The highest BCUT2D eigenvalue weighted by Crippen LogP contribution is 2.37. The fraction of sp³-hybridized carbons (Fsp3) is 0.500. The predicted molar refractivity (Wildman–Crippen MR) is 74.2 cm³/mol. The summed E-state index contributed by atoms with van der Waals surface area (Å²) in [6.45, 7) is 2.95. The zero-order valence-electron chi connectivity index (χ0n) is 10.3. The smallest absolute Gasteiger partial charge is 0.354 e. The highest BCUT2D eigenvalue weighted by Gasteiger charge is 2.29. The highest BCUT2D eigenvalue weighted by molar-refractivity contribution is 8.00. The zero-order valence-corrected chi connectivity index (χ0v) is 11.1. The van der Waals surface area contributed by atoms with Gasteiger partial charge in [0.15, 0.2) is 5.69 Å². The lowest BCUT2D eigenvalue weighted by atomic mass is 10.1. The molecule has 1 aromatic heterocycles. The van der Waals surface area contributed by atoms with Crippen LogP contribution in [0.3, 0.4) is 0 Å². The van der Waals surface area contributed by atoms with Crippen molar-refractivity contribution in [2.45, 2.75) is 24.5 Å². The fourth-order valence-corrected chi connectivity index (χ4v) is 3.22. The van der Waals surface area contributed by atoms with E-state index in [0.29, 0.717) is 11.5 Å². The van der Waals surface area contributed by atoms with E-state index in [9.17, 15) is 4.79 Å². The summed E-state index contributed by atoms with van der Waals surface area (Å²) in [4.78, 5) is 14.9. The lowest BCUT2D eigenvalue weighted by Crippen LogP contribution is -2.27. The lowest BCUT2D eigenvalue weighted by molar-refractivity contribution is 0.0690. The number of nitrogens with zero attached hydrogens (tertiary/aromatic N) is 1. The Balaban J connectivity index is 2.08. The maximum atomic E-state index is 10.9. The number of thioether (sulfide) groups is 1. The van der Waals surface area contributed by atoms with Gasteiger partial charge in [-0.25, -0.2) is 9.78 Å². The van der Waals surface area contributed by atoms with Crippen LogP contribution in [0.15, 0.2) is 12.1 Å². The van der Waals surface area contributed by atoms with E-state index in [1.165, 1.54) is 18.2 Å². The summed E-state index contributed by atoms with van der Waals surface area (Å²) in [6, 6.07) is 2.98. The van der Waals surface area contributed by atoms with Crippen LogP contribution >= 0.6 is 11.8 Å². The van der Waals surface area contributed by atoms with Crippen molar-refractivity contribution in [3.05, 3.63) is 17.8 Å². The van der Waals surface area contributed by atoms with Crippen LogP contribution in [0.5, 0.6) is 0 Å². The van der Waals surface area contributed by atoms with Crippen LogP contribution in [0.25, 0.3) is 0 Å². The first-order valence-corrected chi connectivity index (χ1v) is 6.86. The summed E-state index contributed by atoms with van der Waals surface area (Å²) in [7, 11) is 0. The first kappa shape index (κ1) is 13.0. The van der Waals surface area contributed by atoms with Crippen molar-refractivity contribution in [3.8, 4) is 0 Å². The molecule has 0 saturated carbocycles. The average molecular weight is 267 g/mol. The summed E-state index contributed by atoms with van der Waals surface area (Å²) >= 11 is 1.93. The largest absolute Gasteiger partial charge is 0.477 e. The lowest BCUT2D eigenvalue weighted by Gasteiger charge is -2.23. The third-order valence-corrected chi connectivity index (χ3v) is 4.61. The molecule has 0 aliphatic carbocycles. The molecule has 98 valence electrons. The van der Waals surface area contributed by atoms with Crippen LogP contribution in [0.4, 0.5) is 11.5 Å². The van der Waals surface area contributed by atoms with Crippen LogP contribution in [-0.4, -0.2) is 33.1 Å². The summed E-state index contributed by atoms with van der Waals surface area (Å²) in [5.41, 5.74) is 6.28. The number of nitrogens with one attached hydrogen (secondary N) is 1. The summed E-state index contributed by atoms with van der Waals surface area (Å²) in [5.74, 6) is 0.596. The Morgan fingerprint density at radius 1 is 1.67 bits per heavy atom. The summed E-state index contributed by atoms with van der Waals surface area (Å²) in [6.07, 6.45) is 2.38. The number of rotatable bonds is 4. The SMILES string of the molecule is CC1(CNc2nc(C(=O)O)ccc2N)CCCS1. The molecular weight excluding hydrogens is 250 g/mol. The zero-order chi connectivity index (χ0) is 13.2. The molecule has 1 saturated heterocycles. The molecule has 4 N–H and O–H groups in total. The molecule has 1 aliphatic heterocycles. The Labute approximate surface area is 110 Å². The minimum absolute atomic E-state index is 0.0101. The second kappa shape index (κ2) is 5.06. The normalized spacial score (nSPS) is 22.9. The monoisotopic (exact) mass is 267 g/mol. The van der Waals surface area contributed by atoms with E-state index in [-0.39, 0.29) is 10.4 Å². The quantitative estimate of drug-likeness (QED) is 0.774. The number of anilines is 2. The van der Waals surface area contributed by atoms with Crippen molar-refractivity contribution in [1.82, 2.24) is 4.98 Å². The minimum atomic E-state index is -1.04. The molecule has 0 bridgehead atoms. The second-order valence-electron chi connectivity index (χ2n) is 4.69. The third-order valence-electron chi connectivity index (χ3n) is 3.08. The van der Waals surface area contributed by atoms with E-state index in [2.05, 4.69) is 17.2 Å². The maximum absolute atomic E-state index is 10.9. The summed E-state index contributed by atoms with van der Waals surface area (Å²) < 4.78 is 0.188. The number of aromatic carboxylic acids is 1. The number of carboxylic acids is 1. The van der Waals surface area contributed by atoms with Crippen molar-refractivity contribution in [2.24, 2.45) is 0 Å². The van der Waals surface area contributed by atoms with Crippen molar-refractivity contribution >= 4 is 29.2 Å². The molecule has 0 radical (unpaired) electrons. The average Bonchev–Trinajstić information content (AvgIpc) is 2.75. The van der Waals surface area contributed by atoms with Gasteiger partial charge in [0, 0.05) is 11.3 Å². The number of nitrogens with two attached hydrogens (primary N) is 1. The molecular formula is C12H17N3O2S. The molecule has 1 unspecified atom stereocenters. The van der Waals surface area contributed by atoms with Gasteiger partial charge >= 0.3 is 5.97 Å². The topological polar surface area (TPSA) is 88.2 Å². The number of hydrogen-bond acceptors (Lipinski definition) is 5. The molecule has 1 fully saturated rings. The van der Waals surface area contributed by atoms with E-state index in [4.69, 9.17) is 10.8 Å². The van der Waals surface area contributed by atoms with Crippen molar-refractivity contribution in [3.63, 3.8) is 0 Å². The Morgan fingerprint density at radius 3 is 3.06 bits per heavy atom. The Kier molecular flexibility index (Phi) is 3.65. The van der Waals surface area contributed by atoms with Gasteiger partial charge in [-0.05, 0) is 37.7 Å². The second-order valence-corrected chi connectivity index (χ2v) is 6.38. The molecule has 5 nitrogen and oxygen atoms in total. The van der Waals surface area contributed by atoms with Gasteiger partial charge in [0.25, 0.3) is 0 Å². The molecule has 0 amide bonds. The molecule has 2 heterocycles. The van der Waals surface area contributed by atoms with E-state index in [1.54, 1.807) is 6.07 Å². The predicted octanol–water partition coefficient (Wildman–Crippen LogP) is 2.06. The fourth-order valence-electron chi connectivity index (χ4n) is 1.98. The first-order chi connectivity index (χ1) is 8.50. The number of aromatic nitrogens is 1. The molecule has 1 aromatic rings. The van der Waals surface area contributed by atoms with Gasteiger partial charge in [-0.2, -0.15) is 11.8 Å². The summed E-state index contributed by atoms with van der Waals surface area (Å²) in [5, 5.41) is 12.1. The van der Waals surface area contributed by atoms with Gasteiger partial charge in [0.05, 0.1) is 5.69 Å². The van der Waals surface area contributed by atoms with Gasteiger partial charge in [0.1, 0.15) is 5.82 Å². The van der Waals surface area contributed by atoms with Crippen LogP contribution < -0.4 is 11.1 Å². The number of carboxylic acid groups (broad SMARTS) is 1. The van der Waals surface area contributed by atoms with E-state index in [0.717, 1.165) is 13.0 Å². The Bertz CT molecular complexity index is 459. The number of hydrogen-bond donors (Lipinski definition) is 3. The Hall–Kier alpha value is -1.43. The molecule has 18 heavy (non-hydrogen) atoms. The van der Waals surface area contributed by atoms with Crippen LogP contribution in [0.1, 0.15) is 30.3 Å². The molecule has 1 atom stereocenters. The van der Waals surface area contributed by atoms with Gasteiger partial charge in [-0.1, -0.05) is 0 Å². The molecule has 0 spiro atoms. The Morgan fingerprint density at radius 2 is 2.44 bits per heavy atom. The third kappa shape index (κ3) is 2.87. The molecule has 6 heteroatoms. The van der Waals surface area contributed by atoms with Crippen molar-refractivity contribution in [1.29, 1.82) is 0 Å². The van der Waals surface area contributed by atoms with Gasteiger partial charge in [-0.3, -0.25) is 0 Å². The first-order valence-electron chi connectivity index (χ1n) is 5.88. The van der Waals surface area contributed by atoms with Crippen LogP contribution in [0, 0.1) is 0 Å². The number of carbonyl (C=O) groups is 1. The van der Waals surface area contributed by atoms with Crippen LogP contribution in [-0.2, 0) is 0 Å². The van der Waals surface area contributed by atoms with Gasteiger partial charge in [-0.15, -0.1) is 0 Å². The van der Waals surface area contributed by atoms with Crippen LogP contribution in [0.2, 0.25) is 0 Å². The minimum Gasteiger partial charge on any atom is -0.477 e. The highest BCUT2D eigenvalue weighted by atomic mass is 32.2.